The predicted octanol–water partition coefficient (Wildman–Crippen LogP) is 4.39. The summed E-state index contributed by atoms with van der Waals surface area (Å²) < 4.78 is 0. The molecule has 1 unspecified atom stereocenters. The molecule has 1 fully saturated rings. The number of H-pyrrole nitrogens is 1. The molecule has 1 aromatic carbocycles. The van der Waals surface area contributed by atoms with Crippen LogP contribution in [0.25, 0.3) is 11.0 Å². The Morgan fingerprint density at radius 1 is 1.04 bits per heavy atom. The first-order valence-electron chi connectivity index (χ1n) is 10.1. The zero-order valence-electron chi connectivity index (χ0n) is 15.5. The summed E-state index contributed by atoms with van der Waals surface area (Å²) in [5, 5.41) is 1.23. The predicted molar refractivity (Wildman–Crippen MR) is 107 cm³/mol. The van der Waals surface area contributed by atoms with Gasteiger partial charge in [0.25, 0.3) is 0 Å². The maximum atomic E-state index is 13.2. The smallest absolute Gasteiger partial charge is 0.230 e. The van der Waals surface area contributed by atoms with E-state index in [4.69, 9.17) is 0 Å². The Kier molecular flexibility index (Phi) is 4.19. The molecule has 2 aromatic heterocycles. The molecule has 1 aliphatic heterocycles. The SMILES string of the molecule is O=C(C1CCCc2ccccc21)N1CCC(c2c[nH]c3ncccc23)CC1. The molecule has 3 aromatic rings. The van der Waals surface area contributed by atoms with Crippen LogP contribution < -0.4 is 0 Å². The van der Waals surface area contributed by atoms with E-state index < -0.39 is 0 Å². The van der Waals surface area contributed by atoms with Crippen LogP contribution in [0.3, 0.4) is 0 Å². The molecule has 3 heterocycles. The number of likely N-dealkylation sites (tertiary alicyclic amines) is 1. The summed E-state index contributed by atoms with van der Waals surface area (Å²) in [6, 6.07) is 12.6. The average Bonchev–Trinajstić information content (AvgIpc) is 3.17. The Hall–Kier alpha value is -2.62. The number of carbonyl (C=O) groups is 1. The third-order valence-electron chi connectivity index (χ3n) is 6.40. The number of pyridine rings is 1. The van der Waals surface area contributed by atoms with Crippen LogP contribution in [0, 0.1) is 0 Å². The number of benzene rings is 1. The van der Waals surface area contributed by atoms with E-state index in [0.29, 0.717) is 11.8 Å². The number of hydrogen-bond acceptors (Lipinski definition) is 2. The van der Waals surface area contributed by atoms with Crippen molar-refractivity contribution in [2.24, 2.45) is 0 Å². The summed E-state index contributed by atoms with van der Waals surface area (Å²) in [5.41, 5.74) is 4.94. The van der Waals surface area contributed by atoms with E-state index in [2.05, 4.69) is 51.4 Å². The Morgan fingerprint density at radius 2 is 1.89 bits per heavy atom. The molecule has 0 spiro atoms. The molecule has 4 nitrogen and oxygen atoms in total. The van der Waals surface area contributed by atoms with Crippen LogP contribution >= 0.6 is 0 Å². The molecule has 1 N–H and O–H groups in total. The summed E-state index contributed by atoms with van der Waals surface area (Å²) in [5.74, 6) is 0.899. The van der Waals surface area contributed by atoms with Crippen molar-refractivity contribution in [2.45, 2.75) is 43.9 Å². The number of aromatic amines is 1. The highest BCUT2D eigenvalue weighted by Crippen LogP contribution is 2.36. The zero-order valence-corrected chi connectivity index (χ0v) is 15.5. The molecule has 4 heteroatoms. The molecule has 1 saturated heterocycles. The number of amides is 1. The molecule has 27 heavy (non-hydrogen) atoms. The summed E-state index contributed by atoms with van der Waals surface area (Å²) in [7, 11) is 0. The number of carbonyl (C=O) groups excluding carboxylic acids is 1. The van der Waals surface area contributed by atoms with Gasteiger partial charge in [0.1, 0.15) is 5.65 Å². The molecule has 1 atom stereocenters. The van der Waals surface area contributed by atoms with E-state index in [1.807, 2.05) is 12.3 Å². The average molecular weight is 359 g/mol. The lowest BCUT2D eigenvalue weighted by molar-refractivity contribution is -0.134. The Morgan fingerprint density at radius 3 is 2.78 bits per heavy atom. The normalized spacial score (nSPS) is 20.6. The number of nitrogens with one attached hydrogen (secondary N) is 1. The fourth-order valence-electron chi connectivity index (χ4n) is 4.96. The molecule has 2 aliphatic rings. The number of fused-ring (bicyclic) bond motifs is 2. The fourth-order valence-corrected chi connectivity index (χ4v) is 4.96. The van der Waals surface area contributed by atoms with Crippen LogP contribution in [0.5, 0.6) is 0 Å². The lowest BCUT2D eigenvalue weighted by Crippen LogP contribution is -2.41. The van der Waals surface area contributed by atoms with Crippen molar-refractivity contribution in [3.63, 3.8) is 0 Å². The van der Waals surface area contributed by atoms with Gasteiger partial charge in [-0.25, -0.2) is 4.98 Å². The third-order valence-corrected chi connectivity index (χ3v) is 6.40. The lowest BCUT2D eigenvalue weighted by Gasteiger charge is -2.36. The van der Waals surface area contributed by atoms with Gasteiger partial charge in [-0.15, -0.1) is 0 Å². The lowest BCUT2D eigenvalue weighted by atomic mass is 9.81. The minimum absolute atomic E-state index is 0.0591. The molecule has 1 amide bonds. The number of piperidine rings is 1. The zero-order chi connectivity index (χ0) is 18.2. The maximum absolute atomic E-state index is 13.2. The Labute approximate surface area is 159 Å². The van der Waals surface area contributed by atoms with E-state index in [1.54, 1.807) is 0 Å². The van der Waals surface area contributed by atoms with Crippen LogP contribution in [0.4, 0.5) is 0 Å². The van der Waals surface area contributed by atoms with Gasteiger partial charge in [0.05, 0.1) is 5.92 Å². The van der Waals surface area contributed by atoms with Gasteiger partial charge in [0.15, 0.2) is 0 Å². The van der Waals surface area contributed by atoms with Gasteiger partial charge >= 0.3 is 0 Å². The number of nitrogens with zero attached hydrogens (tertiary/aromatic N) is 2. The van der Waals surface area contributed by atoms with E-state index in [9.17, 15) is 4.79 Å². The molecule has 1 aliphatic carbocycles. The maximum Gasteiger partial charge on any atom is 0.230 e. The van der Waals surface area contributed by atoms with Gasteiger partial charge in [-0.1, -0.05) is 24.3 Å². The second-order valence-electron chi connectivity index (χ2n) is 7.89. The van der Waals surface area contributed by atoms with Gasteiger partial charge in [-0.3, -0.25) is 4.79 Å². The van der Waals surface area contributed by atoms with Crippen LogP contribution in [0.2, 0.25) is 0 Å². The quantitative estimate of drug-likeness (QED) is 0.738. The van der Waals surface area contributed by atoms with Crippen LogP contribution in [0.1, 0.15) is 54.2 Å². The van der Waals surface area contributed by atoms with Gasteiger partial charge < -0.3 is 9.88 Å². The Balaban J connectivity index is 1.30. The molecular formula is C23H25N3O. The minimum Gasteiger partial charge on any atom is -0.346 e. The highest BCUT2D eigenvalue weighted by Gasteiger charge is 2.32. The van der Waals surface area contributed by atoms with Gasteiger partial charge in [-0.2, -0.15) is 0 Å². The molecule has 0 radical (unpaired) electrons. The number of hydrogen-bond donors (Lipinski definition) is 1. The van der Waals surface area contributed by atoms with E-state index in [0.717, 1.165) is 50.8 Å². The number of rotatable bonds is 2. The van der Waals surface area contributed by atoms with Crippen molar-refractivity contribution in [3.8, 4) is 0 Å². The van der Waals surface area contributed by atoms with Crippen LogP contribution in [-0.2, 0) is 11.2 Å². The summed E-state index contributed by atoms with van der Waals surface area (Å²) in [4.78, 5) is 23.0. The highest BCUT2D eigenvalue weighted by atomic mass is 16.2. The molecule has 5 rings (SSSR count). The van der Waals surface area contributed by atoms with E-state index in [-0.39, 0.29) is 5.92 Å². The van der Waals surface area contributed by atoms with Crippen molar-refractivity contribution >= 4 is 16.9 Å². The topological polar surface area (TPSA) is 49.0 Å². The summed E-state index contributed by atoms with van der Waals surface area (Å²) in [6.45, 7) is 1.71. The second-order valence-corrected chi connectivity index (χ2v) is 7.89. The van der Waals surface area contributed by atoms with Crippen molar-refractivity contribution in [3.05, 3.63) is 65.5 Å². The summed E-state index contributed by atoms with van der Waals surface area (Å²) in [6.07, 6.45) is 9.21. The minimum atomic E-state index is 0.0591. The van der Waals surface area contributed by atoms with Crippen molar-refractivity contribution < 1.29 is 4.79 Å². The monoisotopic (exact) mass is 359 g/mol. The molecule has 0 bridgehead atoms. The van der Waals surface area contributed by atoms with E-state index in [1.165, 1.54) is 22.1 Å². The molecular weight excluding hydrogens is 334 g/mol. The van der Waals surface area contributed by atoms with Crippen molar-refractivity contribution in [1.82, 2.24) is 14.9 Å². The number of aryl methyl sites for hydroxylation is 1. The van der Waals surface area contributed by atoms with Crippen LogP contribution in [-0.4, -0.2) is 33.9 Å². The standard InChI is InChI=1S/C23H25N3O/c27-23(20-8-3-6-16-5-1-2-7-18(16)20)26-13-10-17(11-14-26)21-15-25-22-19(21)9-4-12-24-22/h1-2,4-5,7,9,12,15,17,20H,3,6,8,10-11,13-14H2,(H,24,25). The fraction of sp³-hybridized carbons (Fsp3) is 0.391. The molecule has 138 valence electrons. The summed E-state index contributed by atoms with van der Waals surface area (Å²) >= 11 is 0. The Bertz CT molecular complexity index is 968. The number of aromatic nitrogens is 2. The van der Waals surface area contributed by atoms with Gasteiger partial charge in [0.2, 0.25) is 5.91 Å². The van der Waals surface area contributed by atoms with Crippen molar-refractivity contribution in [1.29, 1.82) is 0 Å². The van der Waals surface area contributed by atoms with Gasteiger partial charge in [0, 0.05) is 30.9 Å². The van der Waals surface area contributed by atoms with Crippen LogP contribution in [0.15, 0.2) is 48.8 Å². The first-order valence-corrected chi connectivity index (χ1v) is 10.1. The molecule has 0 saturated carbocycles. The van der Waals surface area contributed by atoms with Gasteiger partial charge in [-0.05, 0) is 66.8 Å². The second kappa shape index (κ2) is 6.84. The highest BCUT2D eigenvalue weighted by molar-refractivity contribution is 5.85. The van der Waals surface area contributed by atoms with E-state index >= 15 is 0 Å². The largest absolute Gasteiger partial charge is 0.346 e. The van der Waals surface area contributed by atoms with Crippen molar-refractivity contribution in [2.75, 3.05) is 13.1 Å². The third kappa shape index (κ3) is 2.93. The first-order chi connectivity index (χ1) is 13.3. The first kappa shape index (κ1) is 16.5.